The Kier molecular flexibility index (Phi) is 7.05. The molecular weight excluding hydrogens is 462 g/mol. The number of carbonyl (C=O) groups is 1. The molecule has 4 rings (SSSR count). The smallest absolute Gasteiger partial charge is 0.192 e. The Morgan fingerprint density at radius 1 is 1.09 bits per heavy atom. The van der Waals surface area contributed by atoms with Crippen LogP contribution in [0.25, 0.3) is 11.4 Å². The Labute approximate surface area is 200 Å². The van der Waals surface area contributed by atoms with E-state index < -0.39 is 5.25 Å². The van der Waals surface area contributed by atoms with Crippen LogP contribution in [0.1, 0.15) is 23.0 Å². The number of furan rings is 1. The fraction of sp³-hybridized carbons (Fsp3) is 0.208. The van der Waals surface area contributed by atoms with Gasteiger partial charge < -0.3 is 13.9 Å². The molecule has 2 heterocycles. The van der Waals surface area contributed by atoms with E-state index >= 15 is 0 Å². The number of thioether (sulfide) groups is 1. The molecule has 4 aromatic rings. The minimum atomic E-state index is -0.416. The van der Waals surface area contributed by atoms with E-state index in [1.54, 1.807) is 50.8 Å². The molecule has 0 spiro atoms. The van der Waals surface area contributed by atoms with Crippen molar-refractivity contribution in [3.8, 4) is 22.9 Å². The lowest BCUT2D eigenvalue weighted by molar-refractivity contribution is 0.0993. The molecule has 0 aliphatic rings. The van der Waals surface area contributed by atoms with Gasteiger partial charge in [0, 0.05) is 16.1 Å². The summed E-state index contributed by atoms with van der Waals surface area (Å²) in [4.78, 5) is 13.2. The lowest BCUT2D eigenvalue weighted by Crippen LogP contribution is -2.15. The van der Waals surface area contributed by atoms with Crippen molar-refractivity contribution in [1.29, 1.82) is 0 Å². The van der Waals surface area contributed by atoms with Gasteiger partial charge in [-0.1, -0.05) is 23.4 Å². The largest absolute Gasteiger partial charge is 0.493 e. The molecule has 7 nitrogen and oxygen atoms in total. The van der Waals surface area contributed by atoms with Crippen LogP contribution in [0.4, 0.5) is 0 Å². The van der Waals surface area contributed by atoms with Crippen LogP contribution in [0, 0.1) is 0 Å². The maximum Gasteiger partial charge on any atom is 0.192 e. The first kappa shape index (κ1) is 22.9. The molecule has 2 aromatic carbocycles. The fourth-order valence-electron chi connectivity index (χ4n) is 3.33. The molecule has 0 aliphatic carbocycles. The van der Waals surface area contributed by atoms with E-state index in [0.29, 0.717) is 39.6 Å². The van der Waals surface area contributed by atoms with E-state index in [2.05, 4.69) is 10.2 Å². The van der Waals surface area contributed by atoms with E-state index in [1.165, 1.54) is 11.8 Å². The summed E-state index contributed by atoms with van der Waals surface area (Å²) in [7, 11) is 3.10. The zero-order chi connectivity index (χ0) is 23.4. The number of ether oxygens (including phenoxy) is 2. The first-order chi connectivity index (χ1) is 16.0. The highest BCUT2D eigenvalue weighted by Crippen LogP contribution is 2.32. The van der Waals surface area contributed by atoms with Crippen LogP contribution >= 0.6 is 23.4 Å². The third-order valence-electron chi connectivity index (χ3n) is 5.03. The van der Waals surface area contributed by atoms with Gasteiger partial charge >= 0.3 is 0 Å². The van der Waals surface area contributed by atoms with Crippen LogP contribution in [0.2, 0.25) is 5.02 Å². The quantitative estimate of drug-likeness (QED) is 0.226. The Hall–Kier alpha value is -3.23. The lowest BCUT2D eigenvalue weighted by Gasteiger charge is -2.14. The second-order valence-electron chi connectivity index (χ2n) is 7.17. The summed E-state index contributed by atoms with van der Waals surface area (Å²) in [6.45, 7) is 2.27. The highest BCUT2D eigenvalue weighted by atomic mass is 35.5. The number of ketones is 1. The number of methoxy groups -OCH3 is 2. The van der Waals surface area contributed by atoms with Gasteiger partial charge in [0.2, 0.25) is 0 Å². The van der Waals surface area contributed by atoms with Crippen molar-refractivity contribution in [2.45, 2.75) is 23.9 Å². The molecule has 0 bridgehead atoms. The molecule has 0 saturated heterocycles. The first-order valence-electron chi connectivity index (χ1n) is 10.1. The Morgan fingerprint density at radius 3 is 2.52 bits per heavy atom. The third-order valence-corrected chi connectivity index (χ3v) is 6.37. The topological polar surface area (TPSA) is 79.4 Å². The van der Waals surface area contributed by atoms with Crippen molar-refractivity contribution in [3.05, 3.63) is 77.2 Å². The number of nitrogens with zero attached hydrogens (tertiary/aromatic N) is 3. The van der Waals surface area contributed by atoms with E-state index in [4.69, 9.17) is 25.5 Å². The molecule has 33 heavy (non-hydrogen) atoms. The summed E-state index contributed by atoms with van der Waals surface area (Å²) >= 11 is 7.38. The normalized spacial score (nSPS) is 11.9. The van der Waals surface area contributed by atoms with Gasteiger partial charge in [0.25, 0.3) is 0 Å². The minimum Gasteiger partial charge on any atom is -0.493 e. The van der Waals surface area contributed by atoms with Gasteiger partial charge in [0.15, 0.2) is 28.3 Å². The highest BCUT2D eigenvalue weighted by molar-refractivity contribution is 8.00. The average Bonchev–Trinajstić information content (AvgIpc) is 3.49. The third kappa shape index (κ3) is 5.07. The summed E-state index contributed by atoms with van der Waals surface area (Å²) in [5.41, 5.74) is 1.40. The second-order valence-corrected chi connectivity index (χ2v) is 8.92. The number of aromatic nitrogens is 3. The Bertz CT molecular complexity index is 1240. The van der Waals surface area contributed by atoms with Crippen molar-refractivity contribution >= 4 is 29.1 Å². The monoisotopic (exact) mass is 483 g/mol. The maximum atomic E-state index is 13.2. The van der Waals surface area contributed by atoms with Gasteiger partial charge in [-0.25, -0.2) is 0 Å². The molecule has 0 N–H and O–H groups in total. The van der Waals surface area contributed by atoms with Crippen LogP contribution < -0.4 is 9.47 Å². The number of carbonyl (C=O) groups excluding carboxylic acids is 1. The Morgan fingerprint density at radius 2 is 1.85 bits per heavy atom. The summed E-state index contributed by atoms with van der Waals surface area (Å²) in [6.07, 6.45) is 1.62. The summed E-state index contributed by atoms with van der Waals surface area (Å²) in [6, 6.07) is 16.2. The molecule has 0 aliphatic heterocycles. The number of hydrogen-bond acceptors (Lipinski definition) is 7. The molecule has 0 saturated carbocycles. The van der Waals surface area contributed by atoms with Gasteiger partial charge in [-0.2, -0.15) is 0 Å². The zero-order valence-electron chi connectivity index (χ0n) is 18.3. The molecular formula is C24H22ClN3O4S. The van der Waals surface area contributed by atoms with Gasteiger partial charge in [-0.15, -0.1) is 10.2 Å². The molecule has 0 amide bonds. The van der Waals surface area contributed by atoms with Crippen LogP contribution in [0.3, 0.4) is 0 Å². The molecule has 2 aromatic heterocycles. The predicted molar refractivity (Wildman–Crippen MR) is 127 cm³/mol. The Balaban J connectivity index is 1.63. The predicted octanol–water partition coefficient (Wildman–Crippen LogP) is 5.62. The van der Waals surface area contributed by atoms with Gasteiger partial charge in [-0.3, -0.25) is 9.36 Å². The molecule has 1 atom stereocenters. The number of Topliss-reactive ketones (excluding diaryl/α,β-unsaturated/α-hetero) is 1. The second kappa shape index (κ2) is 10.1. The summed E-state index contributed by atoms with van der Waals surface area (Å²) < 4.78 is 18.1. The zero-order valence-corrected chi connectivity index (χ0v) is 19.9. The molecule has 9 heteroatoms. The minimum absolute atomic E-state index is 0.0541. The van der Waals surface area contributed by atoms with E-state index in [9.17, 15) is 4.79 Å². The number of halogens is 1. The molecule has 1 unspecified atom stereocenters. The van der Waals surface area contributed by atoms with Gasteiger partial charge in [0.1, 0.15) is 5.76 Å². The molecule has 0 fully saturated rings. The van der Waals surface area contributed by atoms with E-state index in [1.807, 2.05) is 35.8 Å². The van der Waals surface area contributed by atoms with Crippen molar-refractivity contribution in [2.24, 2.45) is 0 Å². The molecule has 170 valence electrons. The SMILES string of the molecule is COc1ccc(C(=O)C(C)Sc2nnc(-c3ccc(Cl)cc3)n2Cc2ccco2)cc1OC. The summed E-state index contributed by atoms with van der Waals surface area (Å²) in [5, 5.41) is 9.60. The molecule has 0 radical (unpaired) electrons. The standard InChI is InChI=1S/C24H22ClN3O4S/c1-15(22(29)17-8-11-20(30-2)21(13-17)31-3)33-24-27-26-23(16-6-9-18(25)10-7-16)28(24)14-19-5-4-12-32-19/h4-13,15H,14H2,1-3H3. The van der Waals surface area contributed by atoms with Crippen molar-refractivity contribution in [3.63, 3.8) is 0 Å². The van der Waals surface area contributed by atoms with E-state index in [0.717, 1.165) is 11.3 Å². The number of benzene rings is 2. The highest BCUT2D eigenvalue weighted by Gasteiger charge is 2.23. The number of hydrogen-bond donors (Lipinski definition) is 0. The van der Waals surface area contributed by atoms with Gasteiger partial charge in [-0.05, 0) is 61.5 Å². The van der Waals surface area contributed by atoms with Crippen LogP contribution in [0.5, 0.6) is 11.5 Å². The van der Waals surface area contributed by atoms with E-state index in [-0.39, 0.29) is 5.78 Å². The number of rotatable bonds is 9. The maximum absolute atomic E-state index is 13.2. The van der Waals surface area contributed by atoms with Crippen LogP contribution in [-0.2, 0) is 6.54 Å². The van der Waals surface area contributed by atoms with Crippen molar-refractivity contribution in [1.82, 2.24) is 14.8 Å². The fourth-order valence-corrected chi connectivity index (χ4v) is 4.38. The van der Waals surface area contributed by atoms with Crippen LogP contribution in [-0.4, -0.2) is 40.0 Å². The first-order valence-corrected chi connectivity index (χ1v) is 11.4. The average molecular weight is 484 g/mol. The van der Waals surface area contributed by atoms with Crippen LogP contribution in [0.15, 0.2) is 70.4 Å². The van der Waals surface area contributed by atoms with Gasteiger partial charge in [0.05, 0.1) is 32.3 Å². The lowest BCUT2D eigenvalue weighted by atomic mass is 10.1. The van der Waals surface area contributed by atoms with Crippen molar-refractivity contribution < 1.29 is 18.7 Å². The van der Waals surface area contributed by atoms with Crippen molar-refractivity contribution in [2.75, 3.05) is 14.2 Å². The summed E-state index contributed by atoms with van der Waals surface area (Å²) in [5.74, 6) is 2.44.